The number of unbranched alkanes of at least 4 members (excludes halogenated alkanes) is 1. The molecule has 0 radical (unpaired) electrons. The maximum Gasteiger partial charge on any atom is 0.221 e. The minimum Gasteiger partial charge on any atom is -0.369 e. The minimum absolute atomic E-state index is 0.103. The van der Waals surface area contributed by atoms with Crippen molar-refractivity contribution in [3.05, 3.63) is 24.3 Å². The van der Waals surface area contributed by atoms with Crippen molar-refractivity contribution in [2.24, 2.45) is 0 Å². The molecule has 0 aromatic heterocycles. The Morgan fingerprint density at radius 3 is 2.52 bits per heavy atom. The first-order valence-electron chi connectivity index (χ1n) is 8.03. The van der Waals surface area contributed by atoms with Crippen LogP contribution in [0.4, 0.5) is 11.4 Å². The zero-order valence-electron chi connectivity index (χ0n) is 13.8. The van der Waals surface area contributed by atoms with Crippen LogP contribution >= 0.6 is 0 Å². The Morgan fingerprint density at radius 1 is 1.22 bits per heavy atom. The van der Waals surface area contributed by atoms with E-state index in [-0.39, 0.29) is 11.7 Å². The molecule has 0 aliphatic carbocycles. The van der Waals surface area contributed by atoms with Gasteiger partial charge in [-0.05, 0) is 24.6 Å². The van der Waals surface area contributed by atoms with Gasteiger partial charge in [0.1, 0.15) is 0 Å². The summed E-state index contributed by atoms with van der Waals surface area (Å²) in [6.07, 6.45) is 1.59. The summed E-state index contributed by atoms with van der Waals surface area (Å²) < 4.78 is 26.0. The van der Waals surface area contributed by atoms with Crippen molar-refractivity contribution in [1.82, 2.24) is 4.31 Å². The highest BCUT2D eigenvalue weighted by Gasteiger charge is 2.26. The molecule has 1 aliphatic rings. The van der Waals surface area contributed by atoms with Crippen molar-refractivity contribution in [3.8, 4) is 0 Å². The number of hydrogen-bond donors (Lipinski definition) is 1. The second kappa shape index (κ2) is 7.79. The van der Waals surface area contributed by atoms with E-state index in [0.29, 0.717) is 32.6 Å². The van der Waals surface area contributed by atoms with Gasteiger partial charge >= 0.3 is 0 Å². The van der Waals surface area contributed by atoms with Gasteiger partial charge in [0.2, 0.25) is 15.9 Å². The predicted molar refractivity (Wildman–Crippen MR) is 93.2 cm³/mol. The molecule has 1 saturated heterocycles. The summed E-state index contributed by atoms with van der Waals surface area (Å²) in [6.45, 7) is 5.82. The number of hydrogen-bond acceptors (Lipinski definition) is 4. The van der Waals surface area contributed by atoms with E-state index >= 15 is 0 Å². The molecule has 0 bridgehead atoms. The van der Waals surface area contributed by atoms with Crippen LogP contribution in [0.1, 0.15) is 26.7 Å². The number of carbonyl (C=O) groups excluding carboxylic acids is 1. The van der Waals surface area contributed by atoms with Crippen LogP contribution in [0.25, 0.3) is 0 Å². The Kier molecular flexibility index (Phi) is 6.01. The highest BCUT2D eigenvalue weighted by molar-refractivity contribution is 7.89. The fourth-order valence-corrected chi connectivity index (χ4v) is 4.30. The number of benzene rings is 1. The van der Waals surface area contributed by atoms with Crippen LogP contribution in [0.3, 0.4) is 0 Å². The molecule has 1 aromatic carbocycles. The van der Waals surface area contributed by atoms with E-state index < -0.39 is 10.0 Å². The van der Waals surface area contributed by atoms with Gasteiger partial charge in [0.15, 0.2) is 0 Å². The first-order chi connectivity index (χ1) is 10.9. The van der Waals surface area contributed by atoms with E-state index in [1.54, 1.807) is 4.31 Å². The van der Waals surface area contributed by atoms with E-state index in [0.717, 1.165) is 17.8 Å². The van der Waals surface area contributed by atoms with E-state index in [9.17, 15) is 13.2 Å². The minimum atomic E-state index is -3.13. The van der Waals surface area contributed by atoms with Gasteiger partial charge in [0.05, 0.1) is 5.75 Å². The molecule has 1 amide bonds. The lowest BCUT2D eigenvalue weighted by molar-refractivity contribution is -0.114. The molecule has 0 atom stereocenters. The van der Waals surface area contributed by atoms with Crippen LogP contribution in [0.2, 0.25) is 0 Å². The van der Waals surface area contributed by atoms with Crippen LogP contribution in [-0.2, 0) is 14.8 Å². The van der Waals surface area contributed by atoms with E-state index in [2.05, 4.69) is 10.2 Å². The summed E-state index contributed by atoms with van der Waals surface area (Å²) in [5, 5.41) is 2.77. The molecule has 0 spiro atoms. The molecule has 1 aromatic rings. The summed E-state index contributed by atoms with van der Waals surface area (Å²) in [7, 11) is -3.13. The topological polar surface area (TPSA) is 69.7 Å². The Hall–Kier alpha value is -1.60. The van der Waals surface area contributed by atoms with E-state index in [4.69, 9.17) is 0 Å². The Bertz CT molecular complexity index is 638. The molecule has 23 heavy (non-hydrogen) atoms. The first kappa shape index (κ1) is 17.7. The summed E-state index contributed by atoms with van der Waals surface area (Å²) in [5.74, 6) is 0.135. The average molecular weight is 339 g/mol. The highest BCUT2D eigenvalue weighted by atomic mass is 32.2. The molecular weight excluding hydrogens is 314 g/mol. The molecule has 7 heteroatoms. The molecule has 128 valence electrons. The fraction of sp³-hybridized carbons (Fsp3) is 0.562. The van der Waals surface area contributed by atoms with Crippen molar-refractivity contribution in [2.75, 3.05) is 42.1 Å². The average Bonchev–Trinajstić information content (AvgIpc) is 2.53. The largest absolute Gasteiger partial charge is 0.369 e. The zero-order valence-corrected chi connectivity index (χ0v) is 14.6. The summed E-state index contributed by atoms with van der Waals surface area (Å²) >= 11 is 0. The van der Waals surface area contributed by atoms with Gasteiger partial charge in [-0.2, -0.15) is 4.31 Å². The molecule has 2 rings (SSSR count). The maximum absolute atomic E-state index is 12.2. The zero-order chi connectivity index (χ0) is 16.9. The lowest BCUT2D eigenvalue weighted by Gasteiger charge is -2.35. The van der Waals surface area contributed by atoms with Crippen LogP contribution in [-0.4, -0.2) is 50.6 Å². The third-order valence-electron chi connectivity index (χ3n) is 3.92. The Balaban J connectivity index is 1.98. The monoisotopic (exact) mass is 339 g/mol. The van der Waals surface area contributed by atoms with Gasteiger partial charge in [-0.25, -0.2) is 8.42 Å². The number of carbonyl (C=O) groups is 1. The molecule has 1 fully saturated rings. The lowest BCUT2D eigenvalue weighted by Crippen LogP contribution is -2.49. The summed E-state index contributed by atoms with van der Waals surface area (Å²) in [5.41, 5.74) is 1.76. The van der Waals surface area contributed by atoms with Gasteiger partial charge in [-0.15, -0.1) is 0 Å². The molecule has 6 nitrogen and oxygen atoms in total. The molecular formula is C16H25N3O3S. The van der Waals surface area contributed by atoms with Crippen LogP contribution in [0.5, 0.6) is 0 Å². The SMILES string of the molecule is CCCCS(=O)(=O)N1CCN(c2cccc(NC(C)=O)c2)CC1. The van der Waals surface area contributed by atoms with Gasteiger partial charge in [-0.1, -0.05) is 19.4 Å². The first-order valence-corrected chi connectivity index (χ1v) is 9.63. The van der Waals surface area contributed by atoms with Crippen molar-refractivity contribution in [3.63, 3.8) is 0 Å². The second-order valence-corrected chi connectivity index (χ2v) is 7.88. The summed E-state index contributed by atoms with van der Waals surface area (Å²) in [4.78, 5) is 13.3. The normalized spacial score (nSPS) is 16.3. The molecule has 0 unspecified atom stereocenters. The van der Waals surface area contributed by atoms with E-state index in [1.165, 1.54) is 6.92 Å². The van der Waals surface area contributed by atoms with Crippen molar-refractivity contribution in [1.29, 1.82) is 0 Å². The standard InChI is InChI=1S/C16H25N3O3S/c1-3-4-12-23(21,22)19-10-8-18(9-11-19)16-7-5-6-15(13-16)17-14(2)20/h5-7,13H,3-4,8-12H2,1-2H3,(H,17,20). The predicted octanol–water partition coefficient (Wildman–Crippen LogP) is 1.90. The van der Waals surface area contributed by atoms with Crippen LogP contribution in [0, 0.1) is 0 Å². The second-order valence-electron chi connectivity index (χ2n) is 5.79. The molecule has 1 heterocycles. The number of nitrogens with one attached hydrogen (secondary N) is 1. The Morgan fingerprint density at radius 2 is 1.91 bits per heavy atom. The summed E-state index contributed by atoms with van der Waals surface area (Å²) in [6, 6.07) is 7.64. The molecule has 1 N–H and O–H groups in total. The molecule has 1 aliphatic heterocycles. The van der Waals surface area contributed by atoms with Crippen molar-refractivity contribution < 1.29 is 13.2 Å². The number of anilines is 2. The number of nitrogens with zero attached hydrogens (tertiary/aromatic N) is 2. The van der Waals surface area contributed by atoms with Crippen LogP contribution < -0.4 is 10.2 Å². The third kappa shape index (κ3) is 4.94. The number of sulfonamides is 1. The number of amides is 1. The van der Waals surface area contributed by atoms with Gasteiger partial charge < -0.3 is 10.2 Å². The lowest BCUT2D eigenvalue weighted by atomic mass is 10.2. The van der Waals surface area contributed by atoms with Crippen molar-refractivity contribution in [2.45, 2.75) is 26.7 Å². The van der Waals surface area contributed by atoms with Gasteiger partial charge in [0.25, 0.3) is 0 Å². The fourth-order valence-electron chi connectivity index (χ4n) is 2.66. The number of piperazine rings is 1. The van der Waals surface area contributed by atoms with Crippen molar-refractivity contribution >= 4 is 27.3 Å². The molecule has 0 saturated carbocycles. The smallest absolute Gasteiger partial charge is 0.221 e. The highest BCUT2D eigenvalue weighted by Crippen LogP contribution is 2.22. The van der Waals surface area contributed by atoms with Gasteiger partial charge in [-0.3, -0.25) is 4.79 Å². The van der Waals surface area contributed by atoms with Crippen LogP contribution in [0.15, 0.2) is 24.3 Å². The maximum atomic E-state index is 12.2. The van der Waals surface area contributed by atoms with E-state index in [1.807, 2.05) is 31.2 Å². The number of rotatable bonds is 6. The Labute approximate surface area is 138 Å². The quantitative estimate of drug-likeness (QED) is 0.859. The van der Waals surface area contributed by atoms with Gasteiger partial charge in [0, 0.05) is 44.5 Å². The third-order valence-corrected chi connectivity index (χ3v) is 5.88.